The zero-order valence-electron chi connectivity index (χ0n) is 21.3. The van der Waals surface area contributed by atoms with Gasteiger partial charge < -0.3 is 9.47 Å². The first-order valence-electron chi connectivity index (χ1n) is 11.4. The van der Waals surface area contributed by atoms with Crippen LogP contribution in [0.1, 0.15) is 31.9 Å². The highest BCUT2D eigenvalue weighted by molar-refractivity contribution is 7.90. The number of benzene rings is 3. The first-order valence-corrected chi connectivity index (χ1v) is 12.9. The molecule has 10 heteroatoms. The molecule has 0 aromatic heterocycles. The number of carbonyl (C=O) groups is 1. The fraction of sp³-hybridized carbons (Fsp3) is 0.259. The topological polar surface area (TPSA) is 106 Å². The van der Waals surface area contributed by atoms with Crippen LogP contribution in [0.5, 0.6) is 5.75 Å². The van der Waals surface area contributed by atoms with E-state index in [1.165, 1.54) is 18.2 Å². The van der Waals surface area contributed by atoms with Gasteiger partial charge >= 0.3 is 6.09 Å². The highest BCUT2D eigenvalue weighted by atomic mass is 32.2. The van der Waals surface area contributed by atoms with Crippen molar-refractivity contribution < 1.29 is 27.1 Å². The Balaban J connectivity index is 1.93. The number of nitrogens with one attached hydrogen (secondary N) is 2. The number of methoxy groups -OCH3 is 1. The summed E-state index contributed by atoms with van der Waals surface area (Å²) in [5.74, 6) is -0.124. The Hall–Kier alpha value is -3.92. The molecule has 2 N–H and O–H groups in total. The first kappa shape index (κ1) is 27.7. The number of sulfonamides is 1. The molecule has 0 radical (unpaired) electrons. The zero-order valence-corrected chi connectivity index (χ0v) is 22.1. The molecule has 0 heterocycles. The van der Waals surface area contributed by atoms with Gasteiger partial charge in [-0.15, -0.1) is 0 Å². The van der Waals surface area contributed by atoms with Crippen LogP contribution < -0.4 is 14.8 Å². The van der Waals surface area contributed by atoms with E-state index in [0.717, 1.165) is 5.56 Å². The monoisotopic (exact) mass is 527 g/mol. The summed E-state index contributed by atoms with van der Waals surface area (Å²) < 4.78 is 53.2. The van der Waals surface area contributed by atoms with Crippen LogP contribution in [-0.4, -0.2) is 33.2 Å². The second-order valence-corrected chi connectivity index (χ2v) is 10.9. The molecule has 3 rings (SSSR count). The van der Waals surface area contributed by atoms with Crippen molar-refractivity contribution in [1.29, 1.82) is 0 Å². The quantitative estimate of drug-likeness (QED) is 0.340. The third kappa shape index (κ3) is 7.78. The lowest BCUT2D eigenvalue weighted by atomic mass is 9.97. The van der Waals surface area contributed by atoms with E-state index >= 15 is 0 Å². The summed E-state index contributed by atoms with van der Waals surface area (Å²) >= 11 is 0. The molecule has 0 aliphatic carbocycles. The lowest BCUT2D eigenvalue weighted by molar-refractivity contribution is 0.0562. The molecule has 0 fully saturated rings. The van der Waals surface area contributed by atoms with E-state index in [1.807, 2.05) is 12.1 Å². The lowest BCUT2D eigenvalue weighted by Crippen LogP contribution is -2.45. The van der Waals surface area contributed by atoms with Crippen molar-refractivity contribution in [1.82, 2.24) is 10.0 Å². The van der Waals surface area contributed by atoms with E-state index in [9.17, 15) is 17.6 Å². The molecular formula is C27H30FN3O5S. The Morgan fingerprint density at radius 3 is 2.27 bits per heavy atom. The Morgan fingerprint density at radius 2 is 1.68 bits per heavy atom. The molecule has 3 aromatic rings. The zero-order chi connectivity index (χ0) is 27.2. The number of hydrogen-bond donors (Lipinski definition) is 2. The van der Waals surface area contributed by atoms with Crippen LogP contribution in [0.3, 0.4) is 0 Å². The van der Waals surface area contributed by atoms with Crippen LogP contribution in [-0.2, 0) is 21.3 Å². The molecule has 0 aliphatic rings. The second-order valence-electron chi connectivity index (χ2n) is 9.19. The van der Waals surface area contributed by atoms with E-state index in [2.05, 4.69) is 15.0 Å². The molecule has 196 valence electrons. The van der Waals surface area contributed by atoms with Crippen molar-refractivity contribution in [2.75, 3.05) is 7.11 Å². The van der Waals surface area contributed by atoms with Crippen molar-refractivity contribution in [3.05, 3.63) is 83.7 Å². The summed E-state index contributed by atoms with van der Waals surface area (Å²) in [6.07, 6.45) is -0.893. The smallest absolute Gasteiger partial charge is 0.414 e. The van der Waals surface area contributed by atoms with Crippen molar-refractivity contribution in [3.8, 4) is 16.9 Å². The van der Waals surface area contributed by atoms with E-state index in [4.69, 9.17) is 9.47 Å². The predicted molar refractivity (Wildman–Crippen MR) is 140 cm³/mol. The Kier molecular flexibility index (Phi) is 8.54. The van der Waals surface area contributed by atoms with Gasteiger partial charge in [-0.1, -0.05) is 30.3 Å². The van der Waals surface area contributed by atoms with E-state index in [1.54, 1.807) is 71.2 Å². The van der Waals surface area contributed by atoms with Crippen LogP contribution >= 0.6 is 0 Å². The second kappa shape index (κ2) is 11.4. The third-order valence-electron chi connectivity index (χ3n) is 5.13. The molecule has 37 heavy (non-hydrogen) atoms. The van der Waals surface area contributed by atoms with Gasteiger partial charge in [0.15, 0.2) is 0 Å². The van der Waals surface area contributed by atoms with Crippen LogP contribution in [0.25, 0.3) is 11.1 Å². The summed E-state index contributed by atoms with van der Waals surface area (Å²) in [6.45, 7) is 6.57. The average Bonchev–Trinajstić information content (AvgIpc) is 2.83. The van der Waals surface area contributed by atoms with Gasteiger partial charge in [0.2, 0.25) is 5.96 Å². The number of rotatable bonds is 6. The molecule has 3 aromatic carbocycles. The minimum absolute atomic E-state index is 0.0168. The fourth-order valence-corrected chi connectivity index (χ4v) is 4.35. The van der Waals surface area contributed by atoms with Gasteiger partial charge in [0.25, 0.3) is 10.0 Å². The number of alkyl carbamates (subject to hydrolysis) is 1. The van der Waals surface area contributed by atoms with E-state index in [-0.39, 0.29) is 17.4 Å². The number of ether oxygens (including phenoxy) is 2. The summed E-state index contributed by atoms with van der Waals surface area (Å²) in [5, 5.41) is 2.35. The molecule has 1 amide bonds. The normalized spacial score (nSPS) is 12.1. The SMILES string of the molecule is COc1ccc(-c2cc(CN=C(NC(=O)OC(C)(C)C)NS(=O)(=O)c3ccccc3)cc(F)c2C)cc1. The third-order valence-corrected chi connectivity index (χ3v) is 6.48. The van der Waals surface area contributed by atoms with Gasteiger partial charge in [0, 0.05) is 0 Å². The van der Waals surface area contributed by atoms with Crippen molar-refractivity contribution in [3.63, 3.8) is 0 Å². The van der Waals surface area contributed by atoms with Crippen molar-refractivity contribution >= 4 is 22.1 Å². The van der Waals surface area contributed by atoms with Gasteiger partial charge in [-0.3, -0.25) is 5.32 Å². The van der Waals surface area contributed by atoms with Crippen LogP contribution in [0.15, 0.2) is 76.6 Å². The molecule has 8 nitrogen and oxygen atoms in total. The molecular weight excluding hydrogens is 497 g/mol. The minimum atomic E-state index is -4.06. The van der Waals surface area contributed by atoms with Gasteiger partial charge in [0.05, 0.1) is 18.6 Å². The summed E-state index contributed by atoms with van der Waals surface area (Å²) in [7, 11) is -2.50. The predicted octanol–water partition coefficient (Wildman–Crippen LogP) is 5.17. The summed E-state index contributed by atoms with van der Waals surface area (Å²) in [6, 6.07) is 17.9. The molecule has 0 atom stereocenters. The number of hydrogen-bond acceptors (Lipinski definition) is 6. The molecule has 0 bridgehead atoms. The number of nitrogens with zero attached hydrogens (tertiary/aromatic N) is 1. The number of aliphatic imine (C=N–C) groups is 1. The largest absolute Gasteiger partial charge is 0.497 e. The molecule has 0 spiro atoms. The average molecular weight is 528 g/mol. The Morgan fingerprint density at radius 1 is 1.03 bits per heavy atom. The molecule has 0 saturated heterocycles. The Labute approximate surface area is 216 Å². The highest BCUT2D eigenvalue weighted by Crippen LogP contribution is 2.28. The van der Waals surface area contributed by atoms with Crippen LogP contribution in [0.2, 0.25) is 0 Å². The fourth-order valence-electron chi connectivity index (χ4n) is 3.35. The van der Waals surface area contributed by atoms with Crippen LogP contribution in [0, 0.1) is 12.7 Å². The number of carbonyl (C=O) groups excluding carboxylic acids is 1. The summed E-state index contributed by atoms with van der Waals surface area (Å²) in [5.41, 5.74) is 1.53. The maximum atomic E-state index is 14.8. The van der Waals surface area contributed by atoms with Gasteiger partial charge in [-0.05, 0) is 86.3 Å². The van der Waals surface area contributed by atoms with Crippen LogP contribution in [0.4, 0.5) is 9.18 Å². The van der Waals surface area contributed by atoms with Crippen molar-refractivity contribution in [2.45, 2.75) is 44.7 Å². The maximum Gasteiger partial charge on any atom is 0.414 e. The van der Waals surface area contributed by atoms with Gasteiger partial charge in [-0.2, -0.15) is 0 Å². The van der Waals surface area contributed by atoms with Gasteiger partial charge in [0.1, 0.15) is 17.2 Å². The lowest BCUT2D eigenvalue weighted by Gasteiger charge is -2.20. The van der Waals surface area contributed by atoms with Crippen molar-refractivity contribution in [2.24, 2.45) is 4.99 Å². The van der Waals surface area contributed by atoms with E-state index < -0.39 is 27.5 Å². The van der Waals surface area contributed by atoms with E-state index in [0.29, 0.717) is 22.4 Å². The Bertz CT molecular complexity index is 1380. The first-order chi connectivity index (χ1) is 17.4. The number of amides is 1. The number of guanidine groups is 1. The molecule has 0 aliphatic heterocycles. The molecule has 0 saturated carbocycles. The highest BCUT2D eigenvalue weighted by Gasteiger charge is 2.21. The number of halogens is 1. The maximum absolute atomic E-state index is 14.8. The standard InChI is InChI=1S/C27H30FN3O5S/c1-18-23(20-11-13-21(35-5)14-12-20)15-19(16-24(18)28)17-29-25(30-26(32)36-27(2,3)4)31-37(33,34)22-9-7-6-8-10-22/h6-16H,17H2,1-5H3,(H2,29,30,31,32). The minimum Gasteiger partial charge on any atom is -0.497 e. The van der Waals surface area contributed by atoms with Gasteiger partial charge in [-0.25, -0.2) is 27.3 Å². The summed E-state index contributed by atoms with van der Waals surface area (Å²) in [4.78, 5) is 16.6. The molecule has 0 unspecified atom stereocenters.